The van der Waals surface area contributed by atoms with Gasteiger partial charge in [0.25, 0.3) is 5.91 Å². The average Bonchev–Trinajstić information content (AvgIpc) is 3.09. The first-order valence-corrected chi connectivity index (χ1v) is 12.9. The fourth-order valence-corrected chi connectivity index (χ4v) is 6.08. The first-order valence-electron chi connectivity index (χ1n) is 10.6. The van der Waals surface area contributed by atoms with Crippen LogP contribution in [0.15, 0.2) is 52.4 Å². The number of hydrogen-bond acceptors (Lipinski definition) is 4. The molecular formula is C23H29N3O3S2. The van der Waals surface area contributed by atoms with Crippen LogP contribution in [0.5, 0.6) is 0 Å². The predicted octanol–water partition coefficient (Wildman–Crippen LogP) is 4.35. The number of aromatic nitrogens is 1. The molecule has 0 spiro atoms. The second-order valence-corrected chi connectivity index (χ2v) is 10.3. The van der Waals surface area contributed by atoms with Crippen molar-refractivity contribution in [1.82, 2.24) is 8.87 Å². The number of fused-ring (bicyclic) bond motifs is 1. The molecule has 3 rings (SSSR count). The normalized spacial score (nSPS) is 12.7. The number of thiazole rings is 1. The maximum absolute atomic E-state index is 12.9. The van der Waals surface area contributed by atoms with E-state index in [1.165, 1.54) is 45.5 Å². The van der Waals surface area contributed by atoms with Crippen molar-refractivity contribution in [3.63, 3.8) is 0 Å². The maximum Gasteiger partial charge on any atom is 0.279 e. The Labute approximate surface area is 187 Å². The number of para-hydroxylation sites is 1. The molecule has 3 aromatic rings. The third kappa shape index (κ3) is 4.81. The van der Waals surface area contributed by atoms with Gasteiger partial charge in [0.15, 0.2) is 4.80 Å². The van der Waals surface area contributed by atoms with Gasteiger partial charge >= 0.3 is 0 Å². The quantitative estimate of drug-likeness (QED) is 0.503. The van der Waals surface area contributed by atoms with Crippen molar-refractivity contribution >= 4 is 37.5 Å². The van der Waals surface area contributed by atoms with Crippen LogP contribution in [-0.4, -0.2) is 36.3 Å². The van der Waals surface area contributed by atoms with E-state index in [-0.39, 0.29) is 10.8 Å². The minimum atomic E-state index is -3.57. The number of benzene rings is 2. The molecule has 0 atom stereocenters. The first kappa shape index (κ1) is 23.4. The summed E-state index contributed by atoms with van der Waals surface area (Å²) in [5, 5.41) is 0. The smallest absolute Gasteiger partial charge is 0.279 e. The van der Waals surface area contributed by atoms with Crippen molar-refractivity contribution in [2.75, 3.05) is 13.1 Å². The van der Waals surface area contributed by atoms with Gasteiger partial charge in [0, 0.05) is 25.7 Å². The van der Waals surface area contributed by atoms with E-state index in [1.54, 1.807) is 0 Å². The summed E-state index contributed by atoms with van der Waals surface area (Å²) in [5.74, 6) is -0.387. The molecule has 0 aliphatic carbocycles. The Morgan fingerprint density at radius 2 is 1.81 bits per heavy atom. The molecule has 1 amide bonds. The van der Waals surface area contributed by atoms with Crippen LogP contribution in [0, 0.1) is 0 Å². The second-order valence-electron chi connectivity index (χ2n) is 7.35. The highest BCUT2D eigenvalue weighted by Crippen LogP contribution is 2.21. The molecule has 1 heterocycles. The zero-order valence-electron chi connectivity index (χ0n) is 18.5. The summed E-state index contributed by atoms with van der Waals surface area (Å²) in [6.45, 7) is 6.88. The van der Waals surface area contributed by atoms with Gasteiger partial charge in [0.2, 0.25) is 10.0 Å². The molecule has 0 aliphatic heterocycles. The molecular weight excluding hydrogens is 430 g/mol. The fraction of sp³-hybridized carbons (Fsp3) is 0.391. The van der Waals surface area contributed by atoms with Gasteiger partial charge in [-0.1, -0.05) is 50.7 Å². The van der Waals surface area contributed by atoms with Crippen LogP contribution in [-0.2, 0) is 23.5 Å². The number of carbonyl (C=O) groups is 1. The molecule has 0 saturated carbocycles. The third-order valence-corrected chi connectivity index (χ3v) is 8.42. The van der Waals surface area contributed by atoms with Crippen molar-refractivity contribution in [2.24, 2.45) is 12.0 Å². The van der Waals surface area contributed by atoms with E-state index in [0.29, 0.717) is 23.5 Å². The van der Waals surface area contributed by atoms with Crippen molar-refractivity contribution in [2.45, 2.75) is 44.9 Å². The van der Waals surface area contributed by atoms with Crippen molar-refractivity contribution in [3.05, 3.63) is 58.4 Å². The number of rotatable bonds is 8. The summed E-state index contributed by atoms with van der Waals surface area (Å²) >= 11 is 1.47. The molecule has 0 bridgehead atoms. The molecule has 31 heavy (non-hydrogen) atoms. The summed E-state index contributed by atoms with van der Waals surface area (Å²) in [4.78, 5) is 17.9. The van der Waals surface area contributed by atoms with E-state index in [9.17, 15) is 13.2 Å². The molecule has 6 nitrogen and oxygen atoms in total. The summed E-state index contributed by atoms with van der Waals surface area (Å²) in [7, 11) is -1.65. The zero-order valence-corrected chi connectivity index (χ0v) is 20.1. The molecule has 0 saturated heterocycles. The topological polar surface area (TPSA) is 71.7 Å². The van der Waals surface area contributed by atoms with E-state index in [4.69, 9.17) is 0 Å². The van der Waals surface area contributed by atoms with Gasteiger partial charge in [-0.2, -0.15) is 9.30 Å². The Morgan fingerprint density at radius 1 is 1.10 bits per heavy atom. The second kappa shape index (κ2) is 9.89. The van der Waals surface area contributed by atoms with Gasteiger partial charge in [0.1, 0.15) is 0 Å². The average molecular weight is 460 g/mol. The Hall–Kier alpha value is -2.29. The molecule has 0 N–H and O–H groups in total. The van der Waals surface area contributed by atoms with Crippen molar-refractivity contribution in [1.29, 1.82) is 0 Å². The van der Waals surface area contributed by atoms with Crippen LogP contribution < -0.4 is 4.80 Å². The zero-order chi connectivity index (χ0) is 22.6. The van der Waals surface area contributed by atoms with Crippen LogP contribution in [0.25, 0.3) is 10.2 Å². The van der Waals surface area contributed by atoms with Crippen molar-refractivity contribution in [3.8, 4) is 0 Å². The van der Waals surface area contributed by atoms with E-state index < -0.39 is 10.0 Å². The molecule has 0 unspecified atom stereocenters. The highest BCUT2D eigenvalue weighted by atomic mass is 32.2. The first-order chi connectivity index (χ1) is 14.8. The van der Waals surface area contributed by atoms with Gasteiger partial charge < -0.3 is 4.57 Å². The molecule has 2 aromatic carbocycles. The lowest BCUT2D eigenvalue weighted by atomic mass is 10.1. The number of hydrogen-bond donors (Lipinski definition) is 0. The number of sulfonamides is 1. The van der Waals surface area contributed by atoms with Gasteiger partial charge in [-0.15, -0.1) is 0 Å². The van der Waals surface area contributed by atoms with Crippen LogP contribution in [0.2, 0.25) is 0 Å². The van der Waals surface area contributed by atoms with E-state index in [1.807, 2.05) is 37.6 Å². The van der Waals surface area contributed by atoms with Crippen LogP contribution in [0.4, 0.5) is 0 Å². The van der Waals surface area contributed by atoms with Crippen LogP contribution in [0.1, 0.15) is 49.5 Å². The SMILES string of the molecule is CCCCN(CC)S(=O)(=O)c1ccc(C(=O)N=c2sc3cccc(CC)c3n2C)cc1. The number of nitrogens with zero attached hydrogens (tertiary/aromatic N) is 3. The number of carbonyl (C=O) groups excluding carboxylic acids is 1. The Morgan fingerprint density at radius 3 is 2.42 bits per heavy atom. The molecule has 166 valence electrons. The molecule has 0 aliphatic rings. The lowest BCUT2D eigenvalue weighted by Crippen LogP contribution is -2.31. The Balaban J connectivity index is 1.91. The maximum atomic E-state index is 12.9. The highest BCUT2D eigenvalue weighted by molar-refractivity contribution is 7.89. The van der Waals surface area contributed by atoms with Gasteiger partial charge in [-0.05, 0) is 48.7 Å². The molecule has 0 radical (unpaired) electrons. The number of aryl methyl sites for hydroxylation is 2. The van der Waals surface area contributed by atoms with Gasteiger partial charge in [0.05, 0.1) is 15.1 Å². The predicted molar refractivity (Wildman–Crippen MR) is 126 cm³/mol. The monoisotopic (exact) mass is 459 g/mol. The minimum absolute atomic E-state index is 0.196. The third-order valence-electron chi connectivity index (χ3n) is 5.34. The highest BCUT2D eigenvalue weighted by Gasteiger charge is 2.22. The number of unbranched alkanes of at least 4 members (excludes halogenated alkanes) is 1. The molecule has 8 heteroatoms. The summed E-state index contributed by atoms with van der Waals surface area (Å²) in [5.41, 5.74) is 2.67. The van der Waals surface area contributed by atoms with E-state index in [2.05, 4.69) is 18.0 Å². The number of amides is 1. The van der Waals surface area contributed by atoms with E-state index in [0.717, 1.165) is 29.5 Å². The summed E-state index contributed by atoms with van der Waals surface area (Å²) in [6.07, 6.45) is 2.64. The Kier molecular flexibility index (Phi) is 7.46. The fourth-order valence-electron chi connectivity index (χ4n) is 3.53. The van der Waals surface area contributed by atoms with Crippen LogP contribution in [0.3, 0.4) is 0 Å². The van der Waals surface area contributed by atoms with Gasteiger partial charge in [-0.3, -0.25) is 4.79 Å². The largest absolute Gasteiger partial charge is 0.319 e. The minimum Gasteiger partial charge on any atom is -0.319 e. The molecule has 1 aromatic heterocycles. The lowest BCUT2D eigenvalue weighted by Gasteiger charge is -2.20. The van der Waals surface area contributed by atoms with Gasteiger partial charge in [-0.25, -0.2) is 8.42 Å². The van der Waals surface area contributed by atoms with Crippen molar-refractivity contribution < 1.29 is 13.2 Å². The molecule has 0 fully saturated rings. The standard InChI is InChI=1S/C23H29N3O3S2/c1-5-8-16-26(7-3)31(28,29)19-14-12-18(13-15-19)22(27)24-23-25(4)21-17(6-2)10-9-11-20(21)30-23/h9-15H,5-8,16H2,1-4H3. The Bertz CT molecular complexity index is 1240. The summed E-state index contributed by atoms with van der Waals surface area (Å²) < 4.78 is 30.2. The van der Waals surface area contributed by atoms with Crippen LogP contribution >= 0.6 is 11.3 Å². The lowest BCUT2D eigenvalue weighted by molar-refractivity contribution is 0.0998. The summed E-state index contributed by atoms with van der Waals surface area (Å²) in [6, 6.07) is 12.2. The van der Waals surface area contributed by atoms with E-state index >= 15 is 0 Å².